The molecule has 8 nitrogen and oxygen atoms in total. The lowest BCUT2D eigenvalue weighted by Gasteiger charge is -2.06. The lowest BCUT2D eigenvalue weighted by Crippen LogP contribution is -2.14. The van der Waals surface area contributed by atoms with Crippen LogP contribution in [0.1, 0.15) is 5.56 Å². The quantitative estimate of drug-likeness (QED) is 0.835. The van der Waals surface area contributed by atoms with E-state index in [1.54, 1.807) is 12.1 Å². The van der Waals surface area contributed by atoms with E-state index in [-0.39, 0.29) is 22.7 Å². The van der Waals surface area contributed by atoms with Crippen LogP contribution in [0, 0.1) is 11.3 Å². The summed E-state index contributed by atoms with van der Waals surface area (Å²) in [6.45, 7) is -0.378. The molecule has 1 heterocycles. The molecule has 0 aliphatic carbocycles. The summed E-state index contributed by atoms with van der Waals surface area (Å²) in [6.07, 6.45) is 2.44. The standard InChI is InChI=1S/C12H10N4O4S/c13-5-9-3-1-2-4-11(9)21(19,20)15-10-6-14-16(7-10)8-12(17)18/h1-4,6-7,15H,8H2,(H,17,18). The number of aromatic nitrogens is 2. The molecule has 2 aromatic rings. The Labute approximate surface area is 120 Å². The number of nitrogens with zero attached hydrogens (tertiary/aromatic N) is 3. The maximum Gasteiger partial charge on any atom is 0.325 e. The summed E-state index contributed by atoms with van der Waals surface area (Å²) in [6, 6.07) is 7.56. The van der Waals surface area contributed by atoms with Gasteiger partial charge in [-0.25, -0.2) is 8.42 Å². The van der Waals surface area contributed by atoms with Crippen LogP contribution in [0.4, 0.5) is 5.69 Å². The van der Waals surface area contributed by atoms with Crippen molar-refractivity contribution in [2.75, 3.05) is 4.72 Å². The molecule has 0 saturated carbocycles. The van der Waals surface area contributed by atoms with Gasteiger partial charge in [0.05, 0.1) is 17.4 Å². The summed E-state index contributed by atoms with van der Waals surface area (Å²) in [7, 11) is -3.94. The first kappa shape index (κ1) is 14.5. The third-order valence-electron chi connectivity index (χ3n) is 2.48. The SMILES string of the molecule is N#Cc1ccccc1S(=O)(=O)Nc1cnn(CC(=O)O)c1. The van der Waals surface area contributed by atoms with E-state index in [1.165, 1.54) is 30.6 Å². The average molecular weight is 306 g/mol. The van der Waals surface area contributed by atoms with Crippen LogP contribution in [-0.4, -0.2) is 29.3 Å². The topological polar surface area (TPSA) is 125 Å². The fraction of sp³-hybridized carbons (Fsp3) is 0.0833. The first-order chi connectivity index (χ1) is 9.92. The van der Waals surface area contributed by atoms with E-state index in [4.69, 9.17) is 10.4 Å². The van der Waals surface area contributed by atoms with Crippen molar-refractivity contribution in [3.63, 3.8) is 0 Å². The van der Waals surface area contributed by atoms with Crippen LogP contribution in [-0.2, 0) is 21.4 Å². The third-order valence-corrected chi connectivity index (χ3v) is 3.92. The minimum absolute atomic E-state index is 0.0166. The van der Waals surface area contributed by atoms with E-state index in [1.807, 2.05) is 0 Å². The first-order valence-corrected chi connectivity index (χ1v) is 7.17. The normalized spacial score (nSPS) is 10.8. The van der Waals surface area contributed by atoms with E-state index in [0.717, 1.165) is 4.68 Å². The largest absolute Gasteiger partial charge is 0.480 e. The second-order valence-corrected chi connectivity index (χ2v) is 5.68. The van der Waals surface area contributed by atoms with Crippen LogP contribution >= 0.6 is 0 Å². The second kappa shape index (κ2) is 5.64. The predicted molar refractivity (Wildman–Crippen MR) is 71.8 cm³/mol. The highest BCUT2D eigenvalue weighted by Gasteiger charge is 2.19. The van der Waals surface area contributed by atoms with Gasteiger partial charge in [-0.1, -0.05) is 12.1 Å². The minimum Gasteiger partial charge on any atom is -0.480 e. The molecule has 1 aromatic heterocycles. The lowest BCUT2D eigenvalue weighted by atomic mass is 10.2. The van der Waals surface area contributed by atoms with Crippen molar-refractivity contribution in [1.82, 2.24) is 9.78 Å². The van der Waals surface area contributed by atoms with Gasteiger partial charge in [-0.05, 0) is 12.1 Å². The predicted octanol–water partition coefficient (Wildman–Crippen LogP) is 0.640. The number of benzene rings is 1. The Morgan fingerprint density at radius 3 is 2.81 bits per heavy atom. The molecular formula is C12H10N4O4S. The van der Waals surface area contributed by atoms with E-state index >= 15 is 0 Å². The third kappa shape index (κ3) is 3.37. The Morgan fingerprint density at radius 1 is 1.43 bits per heavy atom. The van der Waals surface area contributed by atoms with Gasteiger partial charge in [0, 0.05) is 6.20 Å². The maximum absolute atomic E-state index is 12.2. The number of carbonyl (C=O) groups is 1. The Morgan fingerprint density at radius 2 is 2.14 bits per heavy atom. The van der Waals surface area contributed by atoms with Crippen LogP contribution in [0.2, 0.25) is 0 Å². The molecule has 0 saturated heterocycles. The van der Waals surface area contributed by atoms with Gasteiger partial charge in [0.15, 0.2) is 0 Å². The number of hydrogen-bond acceptors (Lipinski definition) is 5. The van der Waals surface area contributed by atoms with Gasteiger partial charge < -0.3 is 5.11 Å². The fourth-order valence-corrected chi connectivity index (χ4v) is 2.83. The molecule has 0 unspecified atom stereocenters. The molecule has 0 aliphatic heterocycles. The second-order valence-electron chi connectivity index (χ2n) is 4.03. The molecule has 0 fully saturated rings. The molecule has 0 radical (unpaired) electrons. The van der Waals surface area contributed by atoms with Gasteiger partial charge in [-0.3, -0.25) is 14.2 Å². The first-order valence-electron chi connectivity index (χ1n) is 5.68. The zero-order valence-electron chi connectivity index (χ0n) is 10.6. The monoisotopic (exact) mass is 306 g/mol. The van der Waals surface area contributed by atoms with Gasteiger partial charge >= 0.3 is 5.97 Å². The molecule has 2 rings (SSSR count). The summed E-state index contributed by atoms with van der Waals surface area (Å²) in [5, 5.41) is 21.3. The molecule has 0 aliphatic rings. The minimum atomic E-state index is -3.94. The fourth-order valence-electron chi connectivity index (χ4n) is 1.64. The highest BCUT2D eigenvalue weighted by molar-refractivity contribution is 7.92. The molecule has 9 heteroatoms. The molecule has 1 aromatic carbocycles. The maximum atomic E-state index is 12.2. The van der Waals surface area contributed by atoms with E-state index in [0.29, 0.717) is 0 Å². The van der Waals surface area contributed by atoms with Crippen LogP contribution in [0.25, 0.3) is 0 Å². The number of carboxylic acid groups (broad SMARTS) is 1. The zero-order valence-corrected chi connectivity index (χ0v) is 11.4. The lowest BCUT2D eigenvalue weighted by molar-refractivity contribution is -0.137. The highest BCUT2D eigenvalue weighted by atomic mass is 32.2. The van der Waals surface area contributed by atoms with Gasteiger partial charge in [0.2, 0.25) is 0 Å². The average Bonchev–Trinajstić information content (AvgIpc) is 2.84. The molecular weight excluding hydrogens is 296 g/mol. The molecule has 0 atom stereocenters. The molecule has 0 amide bonds. The van der Waals surface area contributed by atoms with Gasteiger partial charge in [-0.15, -0.1) is 0 Å². The summed E-state index contributed by atoms with van der Waals surface area (Å²) < 4.78 is 27.7. The summed E-state index contributed by atoms with van der Waals surface area (Å²) in [4.78, 5) is 10.4. The number of carboxylic acids is 1. The van der Waals surface area contributed by atoms with Crippen molar-refractivity contribution in [2.24, 2.45) is 0 Å². The molecule has 0 spiro atoms. The summed E-state index contributed by atoms with van der Waals surface area (Å²) in [5.74, 6) is -1.10. The van der Waals surface area contributed by atoms with Crippen molar-refractivity contribution < 1.29 is 18.3 Å². The van der Waals surface area contributed by atoms with Crippen LogP contribution < -0.4 is 4.72 Å². The number of anilines is 1. The summed E-state index contributed by atoms with van der Waals surface area (Å²) in [5.41, 5.74) is 0.131. The number of nitriles is 1. The Bertz CT molecular complexity index is 820. The zero-order chi connectivity index (χ0) is 15.5. The van der Waals surface area contributed by atoms with Crippen molar-refractivity contribution in [3.8, 4) is 6.07 Å². The molecule has 108 valence electrons. The van der Waals surface area contributed by atoms with Crippen LogP contribution in [0.15, 0.2) is 41.6 Å². The summed E-state index contributed by atoms with van der Waals surface area (Å²) >= 11 is 0. The smallest absolute Gasteiger partial charge is 0.325 e. The van der Waals surface area contributed by atoms with E-state index < -0.39 is 16.0 Å². The number of nitrogens with one attached hydrogen (secondary N) is 1. The molecule has 0 bridgehead atoms. The Hall–Kier alpha value is -2.86. The molecule has 21 heavy (non-hydrogen) atoms. The highest BCUT2D eigenvalue weighted by Crippen LogP contribution is 2.18. The van der Waals surface area contributed by atoms with Crippen molar-refractivity contribution in [1.29, 1.82) is 5.26 Å². The number of hydrogen-bond donors (Lipinski definition) is 2. The number of aliphatic carboxylic acids is 1. The van der Waals surface area contributed by atoms with Crippen molar-refractivity contribution in [3.05, 3.63) is 42.2 Å². The van der Waals surface area contributed by atoms with Crippen molar-refractivity contribution >= 4 is 21.7 Å². The Balaban J connectivity index is 2.28. The van der Waals surface area contributed by atoms with Gasteiger partial charge in [0.1, 0.15) is 17.5 Å². The number of sulfonamides is 1. The number of rotatable bonds is 5. The van der Waals surface area contributed by atoms with Crippen LogP contribution in [0.3, 0.4) is 0 Å². The van der Waals surface area contributed by atoms with Crippen LogP contribution in [0.5, 0.6) is 0 Å². The molecule has 2 N–H and O–H groups in total. The Kier molecular flexibility index (Phi) is 3.91. The van der Waals surface area contributed by atoms with E-state index in [2.05, 4.69) is 9.82 Å². The van der Waals surface area contributed by atoms with Gasteiger partial charge in [0.25, 0.3) is 10.0 Å². The van der Waals surface area contributed by atoms with Crippen molar-refractivity contribution in [2.45, 2.75) is 11.4 Å². The van der Waals surface area contributed by atoms with Gasteiger partial charge in [-0.2, -0.15) is 10.4 Å². The van der Waals surface area contributed by atoms with E-state index in [9.17, 15) is 13.2 Å².